The van der Waals surface area contributed by atoms with E-state index in [1.807, 2.05) is 6.92 Å². The average Bonchev–Trinajstić information content (AvgIpc) is 3.27. The number of anilines is 1. The number of hydrogen-bond donors (Lipinski definition) is 1. The molecule has 1 aromatic heterocycles. The molecule has 6 nitrogen and oxygen atoms in total. The van der Waals surface area contributed by atoms with Gasteiger partial charge >= 0.3 is 6.18 Å². The molecule has 0 bridgehead atoms. The van der Waals surface area contributed by atoms with E-state index in [1.165, 1.54) is 12.2 Å². The number of dihydropyridines is 1. The minimum Gasteiger partial charge on any atom is -0.490 e. The third kappa shape index (κ3) is 4.30. The van der Waals surface area contributed by atoms with Gasteiger partial charge in [-0.25, -0.2) is 14.4 Å². The van der Waals surface area contributed by atoms with Crippen LogP contribution in [0.2, 0.25) is 0 Å². The first-order valence-electron chi connectivity index (χ1n) is 10.9. The normalized spacial score (nSPS) is 30.9. The predicted molar refractivity (Wildman–Crippen MR) is 112 cm³/mol. The lowest BCUT2D eigenvalue weighted by Gasteiger charge is -2.27. The van der Waals surface area contributed by atoms with Crippen LogP contribution >= 0.6 is 0 Å². The Morgan fingerprint density at radius 1 is 1.21 bits per heavy atom. The zero-order chi connectivity index (χ0) is 23.3. The Bertz CT molecular complexity index is 1060. The number of amides is 1. The van der Waals surface area contributed by atoms with Gasteiger partial charge in [0, 0.05) is 17.7 Å². The highest BCUT2D eigenvalue weighted by molar-refractivity contribution is 5.92. The monoisotopic (exact) mass is 462 g/mol. The average molecular weight is 462 g/mol. The van der Waals surface area contributed by atoms with Crippen molar-refractivity contribution < 1.29 is 27.1 Å². The van der Waals surface area contributed by atoms with Crippen molar-refractivity contribution in [2.75, 3.05) is 5.32 Å². The van der Waals surface area contributed by atoms with Gasteiger partial charge in [-0.2, -0.15) is 13.2 Å². The first-order valence-corrected chi connectivity index (χ1v) is 10.9. The lowest BCUT2D eigenvalue weighted by Crippen LogP contribution is -2.26. The molecule has 1 aromatic rings. The van der Waals surface area contributed by atoms with E-state index in [2.05, 4.69) is 20.3 Å². The molecule has 1 amide bonds. The molecule has 1 N–H and O–H groups in total. The summed E-state index contributed by atoms with van der Waals surface area (Å²) in [6, 6.07) is -0.105. The van der Waals surface area contributed by atoms with Crippen molar-refractivity contribution in [3.05, 3.63) is 53.6 Å². The van der Waals surface area contributed by atoms with Crippen LogP contribution in [0.25, 0.3) is 0 Å². The van der Waals surface area contributed by atoms with Crippen LogP contribution < -0.4 is 5.32 Å². The quantitative estimate of drug-likeness (QED) is 0.648. The Balaban J connectivity index is 1.14. The molecule has 0 radical (unpaired) electrons. The molecular weight excluding hydrogens is 440 g/mol. The van der Waals surface area contributed by atoms with Crippen molar-refractivity contribution in [3.63, 3.8) is 0 Å². The standard InChI is InChI=1S/C23H22F4N4O2/c1-11(21(32)31-13-9-29-22(30-10-13)23(25,26)27)20-15-7-14(8-16(15)20)33-19-4-5-28-18-3-2-12(24)6-17(18)19/h2,4-6,9-11,14-16,18,20H,3,7-8H2,1H3,(H,31,32)/t11?,14?,15-,16+,18?,20?. The fourth-order valence-corrected chi connectivity index (χ4v) is 5.28. The summed E-state index contributed by atoms with van der Waals surface area (Å²) in [5.74, 6) is -0.521. The third-order valence-corrected chi connectivity index (χ3v) is 6.89. The third-order valence-electron chi connectivity index (χ3n) is 6.89. The number of aromatic nitrogens is 2. The van der Waals surface area contributed by atoms with Gasteiger partial charge < -0.3 is 10.1 Å². The van der Waals surface area contributed by atoms with Crippen molar-refractivity contribution in [1.29, 1.82) is 0 Å². The Morgan fingerprint density at radius 3 is 2.58 bits per heavy atom. The van der Waals surface area contributed by atoms with E-state index in [9.17, 15) is 22.4 Å². The molecule has 33 heavy (non-hydrogen) atoms. The minimum absolute atomic E-state index is 0.00286. The molecule has 0 spiro atoms. The number of carbonyl (C=O) groups excluding carboxylic acids is 1. The van der Waals surface area contributed by atoms with Crippen molar-refractivity contribution in [2.24, 2.45) is 28.7 Å². The second-order valence-electron chi connectivity index (χ2n) is 8.96. The van der Waals surface area contributed by atoms with Crippen molar-refractivity contribution in [3.8, 4) is 0 Å². The van der Waals surface area contributed by atoms with Crippen molar-refractivity contribution in [1.82, 2.24) is 9.97 Å². The van der Waals surface area contributed by atoms with Gasteiger partial charge in [-0.05, 0) is 55.2 Å². The van der Waals surface area contributed by atoms with Gasteiger partial charge in [0.25, 0.3) is 0 Å². The van der Waals surface area contributed by atoms with Gasteiger partial charge in [0.2, 0.25) is 11.7 Å². The Kier molecular flexibility index (Phi) is 5.33. The number of alkyl halides is 3. The first-order chi connectivity index (χ1) is 15.7. The second-order valence-corrected chi connectivity index (χ2v) is 8.96. The molecule has 4 aliphatic rings. The number of halogens is 4. The summed E-state index contributed by atoms with van der Waals surface area (Å²) in [6.07, 6.45) is 5.90. The molecule has 6 atom stereocenters. The minimum atomic E-state index is -4.63. The number of fused-ring (bicyclic) bond motifs is 2. The Hall–Kier alpha value is -3.04. The number of carbonyl (C=O) groups is 1. The lowest BCUT2D eigenvalue weighted by molar-refractivity contribution is -0.144. The highest BCUT2D eigenvalue weighted by atomic mass is 19.4. The highest BCUT2D eigenvalue weighted by Gasteiger charge is 2.59. The Morgan fingerprint density at radius 2 is 1.91 bits per heavy atom. The summed E-state index contributed by atoms with van der Waals surface area (Å²) < 4.78 is 57.6. The van der Waals surface area contributed by atoms with Gasteiger partial charge in [-0.15, -0.1) is 0 Å². The summed E-state index contributed by atoms with van der Waals surface area (Å²) in [5, 5.41) is 2.61. The Labute approximate surface area is 187 Å². The molecule has 0 saturated heterocycles. The number of nitrogens with zero attached hydrogens (tertiary/aromatic N) is 3. The fourth-order valence-electron chi connectivity index (χ4n) is 5.28. The largest absolute Gasteiger partial charge is 0.490 e. The summed E-state index contributed by atoms with van der Waals surface area (Å²) in [6.45, 7) is 1.83. The highest BCUT2D eigenvalue weighted by Crippen LogP contribution is 2.61. The summed E-state index contributed by atoms with van der Waals surface area (Å²) >= 11 is 0. The van der Waals surface area contributed by atoms with Crippen molar-refractivity contribution >= 4 is 17.8 Å². The summed E-state index contributed by atoms with van der Waals surface area (Å²) in [5.41, 5.74) is 0.899. The maximum atomic E-state index is 13.7. The fraction of sp³-hybridized carbons (Fsp3) is 0.478. The molecule has 4 unspecified atom stereocenters. The summed E-state index contributed by atoms with van der Waals surface area (Å²) in [4.78, 5) is 23.5. The van der Waals surface area contributed by atoms with Gasteiger partial charge in [-0.3, -0.25) is 9.79 Å². The van der Waals surface area contributed by atoms with Crippen molar-refractivity contribution in [2.45, 2.75) is 44.5 Å². The van der Waals surface area contributed by atoms with E-state index in [-0.39, 0.29) is 41.4 Å². The van der Waals surface area contributed by atoms with Crippen LogP contribution in [-0.4, -0.2) is 34.2 Å². The topological polar surface area (TPSA) is 76.5 Å². The van der Waals surface area contributed by atoms with E-state index in [1.54, 1.807) is 12.3 Å². The van der Waals surface area contributed by atoms with E-state index < -0.39 is 12.0 Å². The zero-order valence-corrected chi connectivity index (χ0v) is 17.7. The van der Waals surface area contributed by atoms with E-state index >= 15 is 0 Å². The van der Waals surface area contributed by atoms with Crippen LogP contribution in [0.3, 0.4) is 0 Å². The molecule has 5 rings (SSSR count). The molecule has 174 valence electrons. The van der Waals surface area contributed by atoms with Crippen LogP contribution in [0, 0.1) is 23.7 Å². The zero-order valence-electron chi connectivity index (χ0n) is 17.7. The van der Waals surface area contributed by atoms with E-state index in [0.717, 1.165) is 30.8 Å². The summed E-state index contributed by atoms with van der Waals surface area (Å²) in [7, 11) is 0. The maximum absolute atomic E-state index is 13.7. The number of ether oxygens (including phenoxy) is 1. The predicted octanol–water partition coefficient (Wildman–Crippen LogP) is 4.63. The van der Waals surface area contributed by atoms with Gasteiger partial charge in [-0.1, -0.05) is 6.92 Å². The van der Waals surface area contributed by atoms with Gasteiger partial charge in [0.1, 0.15) is 11.6 Å². The smallest absolute Gasteiger partial charge is 0.451 e. The second kappa shape index (κ2) is 8.07. The van der Waals surface area contributed by atoms with Crippen LogP contribution in [-0.2, 0) is 15.7 Å². The number of nitrogens with one attached hydrogen (secondary N) is 1. The first kappa shape index (κ1) is 21.8. The molecular formula is C23H22F4N4O2. The van der Waals surface area contributed by atoms with Gasteiger partial charge in [0.15, 0.2) is 0 Å². The lowest BCUT2D eigenvalue weighted by atomic mass is 9.94. The molecule has 1 aliphatic heterocycles. The van der Waals surface area contributed by atoms with Crippen LogP contribution in [0.15, 0.2) is 52.8 Å². The molecule has 2 saturated carbocycles. The molecule has 2 fully saturated rings. The molecule has 0 aromatic carbocycles. The van der Waals surface area contributed by atoms with Gasteiger partial charge in [0.05, 0.1) is 30.2 Å². The van der Waals surface area contributed by atoms with E-state index in [4.69, 9.17) is 4.74 Å². The molecule has 3 aliphatic carbocycles. The molecule has 10 heteroatoms. The van der Waals surface area contributed by atoms with E-state index in [0.29, 0.717) is 24.0 Å². The SMILES string of the molecule is CC(C(=O)Nc1cnc(C(F)(F)F)nc1)C1[C@H]2CC(OC3=CC=NC4CC=C(F)C=C34)C[C@@H]12. The number of rotatable bonds is 5. The number of aliphatic imine (C=N–C) groups is 1. The van der Waals surface area contributed by atoms with Crippen LogP contribution in [0.5, 0.6) is 0 Å². The van der Waals surface area contributed by atoms with Crippen LogP contribution in [0.1, 0.15) is 32.0 Å². The van der Waals surface area contributed by atoms with Crippen LogP contribution in [0.4, 0.5) is 23.2 Å². The number of hydrogen-bond acceptors (Lipinski definition) is 5. The maximum Gasteiger partial charge on any atom is 0.451 e. The number of allylic oxidation sites excluding steroid dienone is 3. The molecule has 2 heterocycles.